The third-order valence-electron chi connectivity index (χ3n) is 2.94. The molecule has 0 spiro atoms. The van der Waals surface area contributed by atoms with E-state index in [2.05, 4.69) is 31.2 Å². The standard InChI is InChI=1S/C15H11BrClN3/c16-11-7-14-15(20-9-11)13(5-6-18-14)19-8-10-1-3-12(17)4-2-10/h1-7,9H,8H2,(H,18,19). The quantitative estimate of drug-likeness (QED) is 0.748. The lowest BCUT2D eigenvalue weighted by atomic mass is 10.2. The van der Waals surface area contributed by atoms with Gasteiger partial charge in [0.2, 0.25) is 0 Å². The van der Waals surface area contributed by atoms with Crippen LogP contribution in [-0.2, 0) is 6.54 Å². The van der Waals surface area contributed by atoms with Crippen LogP contribution in [-0.4, -0.2) is 9.97 Å². The van der Waals surface area contributed by atoms with E-state index in [0.29, 0.717) is 6.54 Å². The molecular formula is C15H11BrClN3. The van der Waals surface area contributed by atoms with Gasteiger partial charge < -0.3 is 5.32 Å². The summed E-state index contributed by atoms with van der Waals surface area (Å²) in [6.45, 7) is 0.716. The molecule has 0 unspecified atom stereocenters. The summed E-state index contributed by atoms with van der Waals surface area (Å²) in [5, 5.41) is 4.13. The van der Waals surface area contributed by atoms with Crippen LogP contribution in [0.25, 0.3) is 11.0 Å². The number of pyridine rings is 2. The zero-order valence-electron chi connectivity index (χ0n) is 10.5. The zero-order valence-corrected chi connectivity index (χ0v) is 12.8. The lowest BCUT2D eigenvalue weighted by molar-refractivity contribution is 1.15. The molecule has 100 valence electrons. The Balaban J connectivity index is 1.85. The summed E-state index contributed by atoms with van der Waals surface area (Å²) < 4.78 is 0.923. The van der Waals surface area contributed by atoms with Crippen LogP contribution in [0.3, 0.4) is 0 Å². The van der Waals surface area contributed by atoms with Crippen LogP contribution in [0.5, 0.6) is 0 Å². The highest BCUT2D eigenvalue weighted by Gasteiger charge is 2.04. The Kier molecular flexibility index (Phi) is 3.85. The first-order valence-electron chi connectivity index (χ1n) is 6.11. The topological polar surface area (TPSA) is 37.8 Å². The number of nitrogens with zero attached hydrogens (tertiary/aromatic N) is 2. The van der Waals surface area contributed by atoms with E-state index in [-0.39, 0.29) is 0 Å². The zero-order chi connectivity index (χ0) is 13.9. The van der Waals surface area contributed by atoms with E-state index in [1.54, 1.807) is 12.4 Å². The number of rotatable bonds is 3. The number of halogens is 2. The van der Waals surface area contributed by atoms with Gasteiger partial charge in [-0.2, -0.15) is 0 Å². The lowest BCUT2D eigenvalue weighted by Gasteiger charge is -2.09. The van der Waals surface area contributed by atoms with Crippen molar-refractivity contribution < 1.29 is 0 Å². The van der Waals surface area contributed by atoms with Crippen LogP contribution in [0.2, 0.25) is 5.02 Å². The molecule has 1 aromatic carbocycles. The summed E-state index contributed by atoms with van der Waals surface area (Å²) in [6, 6.07) is 11.7. The second-order valence-electron chi connectivity index (χ2n) is 4.36. The highest BCUT2D eigenvalue weighted by molar-refractivity contribution is 9.10. The van der Waals surface area contributed by atoms with Gasteiger partial charge >= 0.3 is 0 Å². The Bertz CT molecular complexity index is 744. The number of nitrogens with one attached hydrogen (secondary N) is 1. The van der Waals surface area contributed by atoms with Gasteiger partial charge in [-0.3, -0.25) is 9.97 Å². The molecule has 0 saturated heterocycles. The second kappa shape index (κ2) is 5.77. The molecule has 0 aliphatic rings. The van der Waals surface area contributed by atoms with E-state index in [1.165, 1.54) is 0 Å². The molecular weight excluding hydrogens is 338 g/mol. The van der Waals surface area contributed by atoms with Crippen molar-refractivity contribution in [3.8, 4) is 0 Å². The number of hydrogen-bond donors (Lipinski definition) is 1. The SMILES string of the molecule is Clc1ccc(CNc2ccnc3cc(Br)cnc23)cc1. The minimum absolute atomic E-state index is 0.716. The van der Waals surface area contributed by atoms with Gasteiger partial charge in [-0.1, -0.05) is 23.7 Å². The second-order valence-corrected chi connectivity index (χ2v) is 5.71. The highest BCUT2D eigenvalue weighted by atomic mass is 79.9. The normalized spacial score (nSPS) is 10.7. The van der Waals surface area contributed by atoms with Gasteiger partial charge in [0.15, 0.2) is 0 Å². The van der Waals surface area contributed by atoms with Gasteiger partial charge in [0, 0.05) is 28.4 Å². The van der Waals surface area contributed by atoms with E-state index >= 15 is 0 Å². The number of aromatic nitrogens is 2. The maximum atomic E-state index is 5.88. The Labute approximate surface area is 130 Å². The summed E-state index contributed by atoms with van der Waals surface area (Å²) in [5.41, 5.74) is 3.86. The maximum absolute atomic E-state index is 5.88. The fourth-order valence-electron chi connectivity index (χ4n) is 1.95. The minimum Gasteiger partial charge on any atom is -0.379 e. The van der Waals surface area contributed by atoms with E-state index in [9.17, 15) is 0 Å². The summed E-state index contributed by atoms with van der Waals surface area (Å²) in [6.07, 6.45) is 3.55. The van der Waals surface area contributed by atoms with E-state index < -0.39 is 0 Å². The molecule has 1 N–H and O–H groups in total. The Hall–Kier alpha value is -1.65. The van der Waals surface area contributed by atoms with Crippen LogP contribution in [0.15, 0.2) is 53.3 Å². The molecule has 3 aromatic rings. The molecule has 3 rings (SSSR count). The van der Waals surface area contributed by atoms with Crippen molar-refractivity contribution >= 4 is 44.3 Å². The number of anilines is 1. The van der Waals surface area contributed by atoms with Crippen molar-refractivity contribution in [2.45, 2.75) is 6.54 Å². The fraction of sp³-hybridized carbons (Fsp3) is 0.0667. The molecule has 0 radical (unpaired) electrons. The molecule has 0 amide bonds. The van der Waals surface area contributed by atoms with Gasteiger partial charge in [-0.15, -0.1) is 0 Å². The average Bonchev–Trinajstić information content (AvgIpc) is 2.46. The molecule has 5 heteroatoms. The summed E-state index contributed by atoms with van der Waals surface area (Å²) in [4.78, 5) is 8.73. The lowest BCUT2D eigenvalue weighted by Crippen LogP contribution is -2.01. The minimum atomic E-state index is 0.716. The average molecular weight is 349 g/mol. The molecule has 3 nitrogen and oxygen atoms in total. The van der Waals surface area contributed by atoms with Crippen molar-refractivity contribution in [2.24, 2.45) is 0 Å². The summed E-state index contributed by atoms with van der Waals surface area (Å²) >= 11 is 9.28. The first kappa shape index (κ1) is 13.3. The molecule has 0 bridgehead atoms. The summed E-state index contributed by atoms with van der Waals surface area (Å²) in [7, 11) is 0. The van der Waals surface area contributed by atoms with E-state index in [4.69, 9.17) is 11.6 Å². The van der Waals surface area contributed by atoms with Crippen LogP contribution in [0.4, 0.5) is 5.69 Å². The molecule has 20 heavy (non-hydrogen) atoms. The van der Waals surface area contributed by atoms with Gasteiger partial charge in [0.1, 0.15) is 5.52 Å². The third-order valence-corrected chi connectivity index (χ3v) is 3.63. The first-order chi connectivity index (χ1) is 9.72. The van der Waals surface area contributed by atoms with Crippen LogP contribution in [0, 0.1) is 0 Å². The van der Waals surface area contributed by atoms with Gasteiger partial charge in [0.25, 0.3) is 0 Å². The Morgan fingerprint density at radius 2 is 1.90 bits per heavy atom. The van der Waals surface area contributed by atoms with Gasteiger partial charge in [-0.25, -0.2) is 0 Å². The molecule has 0 saturated carbocycles. The van der Waals surface area contributed by atoms with Crippen LogP contribution in [0.1, 0.15) is 5.56 Å². The van der Waals surface area contributed by atoms with E-state index in [0.717, 1.165) is 31.8 Å². The van der Waals surface area contributed by atoms with E-state index in [1.807, 2.05) is 36.4 Å². The smallest absolute Gasteiger partial charge is 0.112 e. The van der Waals surface area contributed by atoms with Gasteiger partial charge in [-0.05, 0) is 45.8 Å². The monoisotopic (exact) mass is 347 g/mol. The van der Waals surface area contributed by atoms with Crippen LogP contribution >= 0.6 is 27.5 Å². The maximum Gasteiger partial charge on any atom is 0.112 e. The van der Waals surface area contributed by atoms with Crippen LogP contribution < -0.4 is 5.32 Å². The van der Waals surface area contributed by atoms with Crippen molar-refractivity contribution in [1.82, 2.24) is 9.97 Å². The predicted octanol–water partition coefficient (Wildman–Crippen LogP) is 4.66. The predicted molar refractivity (Wildman–Crippen MR) is 86.0 cm³/mol. The fourth-order valence-corrected chi connectivity index (χ4v) is 2.39. The largest absolute Gasteiger partial charge is 0.379 e. The van der Waals surface area contributed by atoms with Crippen molar-refractivity contribution in [3.05, 3.63) is 63.9 Å². The first-order valence-corrected chi connectivity index (χ1v) is 7.28. The molecule has 2 heterocycles. The summed E-state index contributed by atoms with van der Waals surface area (Å²) in [5.74, 6) is 0. The van der Waals surface area contributed by atoms with Crippen molar-refractivity contribution in [2.75, 3.05) is 5.32 Å². The highest BCUT2D eigenvalue weighted by Crippen LogP contribution is 2.22. The number of hydrogen-bond acceptors (Lipinski definition) is 3. The Morgan fingerprint density at radius 3 is 2.70 bits per heavy atom. The Morgan fingerprint density at radius 1 is 1.10 bits per heavy atom. The molecule has 0 aliphatic heterocycles. The van der Waals surface area contributed by atoms with Gasteiger partial charge in [0.05, 0.1) is 11.2 Å². The molecule has 2 aromatic heterocycles. The number of fused-ring (bicyclic) bond motifs is 1. The molecule has 0 aliphatic carbocycles. The number of benzene rings is 1. The molecule has 0 fully saturated rings. The van der Waals surface area contributed by atoms with Crippen molar-refractivity contribution in [1.29, 1.82) is 0 Å². The third kappa shape index (κ3) is 2.92. The molecule has 0 atom stereocenters. The van der Waals surface area contributed by atoms with Crippen molar-refractivity contribution in [3.63, 3.8) is 0 Å².